The van der Waals surface area contributed by atoms with Crippen molar-refractivity contribution in [2.45, 2.75) is 6.54 Å². The lowest BCUT2D eigenvalue weighted by atomic mass is 10.3. The molecule has 1 heterocycles. The number of nitrogens with zero attached hydrogens (tertiary/aromatic N) is 1. The molecular weight excluding hydrogens is 180 g/mol. The summed E-state index contributed by atoms with van der Waals surface area (Å²) in [5.41, 5.74) is 6.00. The Labute approximate surface area is 81.6 Å². The van der Waals surface area contributed by atoms with E-state index in [1.807, 2.05) is 12.1 Å². The quantitative estimate of drug-likeness (QED) is 0.324. The van der Waals surface area contributed by atoms with Crippen LogP contribution in [0.1, 0.15) is 5.56 Å². The fourth-order valence-electron chi connectivity index (χ4n) is 0.872. The zero-order chi connectivity index (χ0) is 10.4. The van der Waals surface area contributed by atoms with E-state index in [0.717, 1.165) is 5.56 Å². The molecule has 6 nitrogen and oxygen atoms in total. The van der Waals surface area contributed by atoms with Gasteiger partial charge in [0.2, 0.25) is 0 Å². The number of nitrogens with one attached hydrogen (secondary N) is 4. The molecule has 14 heavy (non-hydrogen) atoms. The van der Waals surface area contributed by atoms with Crippen LogP contribution in [0.3, 0.4) is 0 Å². The van der Waals surface area contributed by atoms with Crippen molar-refractivity contribution in [3.05, 3.63) is 30.1 Å². The lowest BCUT2D eigenvalue weighted by Crippen LogP contribution is -2.42. The Morgan fingerprint density at radius 2 is 2.29 bits per heavy atom. The third-order valence-electron chi connectivity index (χ3n) is 1.45. The standard InChI is InChI=1S/C8H12N6/c9-7(10)14-8(11)13-5-6-2-1-3-12-4-6/h1-4H,5H2,(H6,9,10,11,13,14). The van der Waals surface area contributed by atoms with Gasteiger partial charge in [0.05, 0.1) is 0 Å². The molecule has 0 saturated heterocycles. The Balaban J connectivity index is 2.34. The van der Waals surface area contributed by atoms with Crippen LogP contribution in [0.5, 0.6) is 0 Å². The van der Waals surface area contributed by atoms with Crippen molar-refractivity contribution < 1.29 is 0 Å². The number of hydrogen-bond donors (Lipinski definition) is 5. The molecule has 0 saturated carbocycles. The Kier molecular flexibility index (Phi) is 3.42. The maximum Gasteiger partial charge on any atom is 0.195 e. The van der Waals surface area contributed by atoms with Gasteiger partial charge < -0.3 is 11.1 Å². The molecule has 0 unspecified atom stereocenters. The molecule has 0 atom stereocenters. The number of nitrogens with two attached hydrogens (primary N) is 1. The van der Waals surface area contributed by atoms with Crippen LogP contribution in [0.25, 0.3) is 0 Å². The lowest BCUT2D eigenvalue weighted by Gasteiger charge is -2.07. The molecule has 0 spiro atoms. The Bertz CT molecular complexity index is 320. The van der Waals surface area contributed by atoms with E-state index < -0.39 is 0 Å². The van der Waals surface area contributed by atoms with E-state index in [0.29, 0.717) is 6.54 Å². The average Bonchev–Trinajstić information content (AvgIpc) is 2.15. The van der Waals surface area contributed by atoms with Crippen LogP contribution in [-0.4, -0.2) is 16.9 Å². The first-order valence-electron chi connectivity index (χ1n) is 4.01. The number of hydrogen-bond acceptors (Lipinski definition) is 3. The van der Waals surface area contributed by atoms with E-state index >= 15 is 0 Å². The highest BCUT2D eigenvalue weighted by atomic mass is 15.2. The summed E-state index contributed by atoms with van der Waals surface area (Å²) in [5.74, 6) is -0.255. The van der Waals surface area contributed by atoms with Gasteiger partial charge in [0.25, 0.3) is 0 Å². The second-order valence-corrected chi connectivity index (χ2v) is 2.63. The molecule has 0 amide bonds. The highest BCUT2D eigenvalue weighted by Crippen LogP contribution is 1.93. The Morgan fingerprint density at radius 1 is 1.50 bits per heavy atom. The van der Waals surface area contributed by atoms with Gasteiger partial charge in [0.15, 0.2) is 11.9 Å². The van der Waals surface area contributed by atoms with Crippen LogP contribution in [0.15, 0.2) is 24.5 Å². The first kappa shape index (κ1) is 9.97. The summed E-state index contributed by atoms with van der Waals surface area (Å²) in [5, 5.41) is 19.3. The predicted molar refractivity (Wildman–Crippen MR) is 53.9 cm³/mol. The van der Waals surface area contributed by atoms with E-state index in [-0.39, 0.29) is 11.9 Å². The Morgan fingerprint density at radius 3 is 2.86 bits per heavy atom. The number of aromatic nitrogens is 1. The number of guanidine groups is 2. The van der Waals surface area contributed by atoms with Gasteiger partial charge in [-0.25, -0.2) is 0 Å². The summed E-state index contributed by atoms with van der Waals surface area (Å²) in [6.07, 6.45) is 3.39. The first-order chi connectivity index (χ1) is 6.68. The minimum atomic E-state index is -0.256. The second-order valence-electron chi connectivity index (χ2n) is 2.63. The third kappa shape index (κ3) is 3.53. The summed E-state index contributed by atoms with van der Waals surface area (Å²) in [6.45, 7) is 0.479. The van der Waals surface area contributed by atoms with E-state index in [4.69, 9.17) is 16.6 Å². The maximum atomic E-state index is 7.30. The zero-order valence-corrected chi connectivity index (χ0v) is 7.54. The fourth-order valence-corrected chi connectivity index (χ4v) is 0.872. The molecule has 0 bridgehead atoms. The van der Waals surface area contributed by atoms with Gasteiger partial charge in [-0.2, -0.15) is 0 Å². The predicted octanol–water partition coefficient (Wildman–Crippen LogP) is -0.411. The molecule has 74 valence electrons. The molecule has 0 aliphatic heterocycles. The lowest BCUT2D eigenvalue weighted by molar-refractivity contribution is 0.871. The molecule has 1 aromatic heterocycles. The van der Waals surface area contributed by atoms with Crippen molar-refractivity contribution in [1.29, 1.82) is 10.8 Å². The molecule has 0 aliphatic carbocycles. The molecule has 0 aromatic carbocycles. The smallest absolute Gasteiger partial charge is 0.195 e. The minimum Gasteiger partial charge on any atom is -0.370 e. The molecule has 6 N–H and O–H groups in total. The average molecular weight is 192 g/mol. The van der Waals surface area contributed by atoms with E-state index in [1.165, 1.54) is 0 Å². The van der Waals surface area contributed by atoms with Crippen LogP contribution >= 0.6 is 0 Å². The van der Waals surface area contributed by atoms with Crippen molar-refractivity contribution in [3.8, 4) is 0 Å². The van der Waals surface area contributed by atoms with E-state index in [9.17, 15) is 0 Å². The topological polar surface area (TPSA) is 111 Å². The molecule has 1 rings (SSSR count). The van der Waals surface area contributed by atoms with E-state index in [2.05, 4.69) is 15.6 Å². The summed E-state index contributed by atoms with van der Waals surface area (Å²) in [7, 11) is 0. The summed E-state index contributed by atoms with van der Waals surface area (Å²) >= 11 is 0. The van der Waals surface area contributed by atoms with Crippen molar-refractivity contribution in [2.75, 3.05) is 0 Å². The highest BCUT2D eigenvalue weighted by molar-refractivity contribution is 5.94. The third-order valence-corrected chi connectivity index (χ3v) is 1.45. The summed E-state index contributed by atoms with van der Waals surface area (Å²) < 4.78 is 0. The van der Waals surface area contributed by atoms with Crippen molar-refractivity contribution in [3.63, 3.8) is 0 Å². The number of rotatable bonds is 2. The number of pyridine rings is 1. The summed E-state index contributed by atoms with van der Waals surface area (Å²) in [4.78, 5) is 3.93. The Hall–Kier alpha value is -2.11. The van der Waals surface area contributed by atoms with Crippen molar-refractivity contribution in [2.24, 2.45) is 5.73 Å². The van der Waals surface area contributed by atoms with Gasteiger partial charge in [-0.3, -0.25) is 21.1 Å². The zero-order valence-electron chi connectivity index (χ0n) is 7.54. The molecule has 0 fully saturated rings. The SMILES string of the molecule is N=C(N)NC(=N)NCc1cccnc1. The van der Waals surface area contributed by atoms with Crippen LogP contribution in [0, 0.1) is 10.8 Å². The fraction of sp³-hybridized carbons (Fsp3) is 0.125. The normalized spacial score (nSPS) is 9.14. The minimum absolute atomic E-state index is 0.00125. The van der Waals surface area contributed by atoms with Gasteiger partial charge in [-0.15, -0.1) is 0 Å². The first-order valence-corrected chi connectivity index (χ1v) is 4.01. The highest BCUT2D eigenvalue weighted by Gasteiger charge is 1.96. The van der Waals surface area contributed by atoms with Crippen LogP contribution in [0.2, 0.25) is 0 Å². The van der Waals surface area contributed by atoms with E-state index in [1.54, 1.807) is 12.4 Å². The van der Waals surface area contributed by atoms with Crippen LogP contribution < -0.4 is 16.4 Å². The molecule has 1 aromatic rings. The molecule has 0 radical (unpaired) electrons. The molecule has 6 heteroatoms. The van der Waals surface area contributed by atoms with Crippen LogP contribution in [0.4, 0.5) is 0 Å². The molecule has 0 aliphatic rings. The van der Waals surface area contributed by atoms with Gasteiger partial charge in [0.1, 0.15) is 0 Å². The summed E-state index contributed by atoms with van der Waals surface area (Å²) in [6, 6.07) is 3.71. The van der Waals surface area contributed by atoms with Gasteiger partial charge >= 0.3 is 0 Å². The second kappa shape index (κ2) is 4.80. The maximum absolute atomic E-state index is 7.30. The largest absolute Gasteiger partial charge is 0.370 e. The van der Waals surface area contributed by atoms with Crippen molar-refractivity contribution in [1.82, 2.24) is 15.6 Å². The van der Waals surface area contributed by atoms with Crippen molar-refractivity contribution >= 4 is 11.9 Å². The van der Waals surface area contributed by atoms with Crippen LogP contribution in [-0.2, 0) is 6.54 Å². The monoisotopic (exact) mass is 192 g/mol. The van der Waals surface area contributed by atoms with Gasteiger partial charge in [-0.05, 0) is 11.6 Å². The molecular formula is C8H12N6. The van der Waals surface area contributed by atoms with Gasteiger partial charge in [-0.1, -0.05) is 6.07 Å². The van der Waals surface area contributed by atoms with Gasteiger partial charge in [0, 0.05) is 18.9 Å².